The van der Waals surface area contributed by atoms with Crippen molar-refractivity contribution in [3.05, 3.63) is 54.1 Å². The molecule has 1 aliphatic heterocycles. The van der Waals surface area contributed by atoms with Crippen LogP contribution in [-0.4, -0.2) is 17.2 Å². The second-order valence-electron chi connectivity index (χ2n) is 4.32. The van der Waals surface area contributed by atoms with Gasteiger partial charge in [-0.3, -0.25) is 10.3 Å². The predicted octanol–water partition coefficient (Wildman–Crippen LogP) is 0.889. The molecule has 0 saturated carbocycles. The van der Waals surface area contributed by atoms with Gasteiger partial charge in [-0.2, -0.15) is 0 Å². The van der Waals surface area contributed by atoms with Gasteiger partial charge in [0.15, 0.2) is 0 Å². The molecule has 0 aromatic carbocycles. The number of hydrogen-bond donors (Lipinski definition) is 3. The Labute approximate surface area is 102 Å². The lowest BCUT2D eigenvalue weighted by molar-refractivity contribution is 0.391. The van der Waals surface area contributed by atoms with Crippen molar-refractivity contribution in [3.63, 3.8) is 0 Å². The van der Waals surface area contributed by atoms with Crippen molar-refractivity contribution in [3.8, 4) is 0 Å². The normalized spacial score (nSPS) is 23.0. The Hall–Kier alpha value is -1.81. The third-order valence-electron chi connectivity index (χ3n) is 2.75. The summed E-state index contributed by atoms with van der Waals surface area (Å²) < 4.78 is 0. The van der Waals surface area contributed by atoms with Crippen LogP contribution in [0.1, 0.15) is 12.6 Å². The highest BCUT2D eigenvalue weighted by molar-refractivity contribution is 5.24. The lowest BCUT2D eigenvalue weighted by atomic mass is 10.1. The standard InChI is InChI=1S/C13H18N4/c1-13(7-5-11(14)10-17-13)16-9-6-12-4-2-3-8-15-12/h2-5,7-8,10,16-17H,6,9,14H2,1H3. The molecule has 1 aromatic rings. The molecule has 2 rings (SSSR count). The minimum atomic E-state index is -0.225. The maximum Gasteiger partial charge on any atom is 0.105 e. The zero-order valence-corrected chi connectivity index (χ0v) is 9.98. The lowest BCUT2D eigenvalue weighted by Crippen LogP contribution is -2.52. The van der Waals surface area contributed by atoms with Crippen LogP contribution >= 0.6 is 0 Å². The third-order valence-corrected chi connectivity index (χ3v) is 2.75. The first-order valence-electron chi connectivity index (χ1n) is 5.75. The largest absolute Gasteiger partial charge is 0.398 e. The molecule has 1 aliphatic rings. The zero-order valence-electron chi connectivity index (χ0n) is 9.98. The second kappa shape index (κ2) is 5.01. The Kier molecular flexibility index (Phi) is 3.44. The van der Waals surface area contributed by atoms with E-state index >= 15 is 0 Å². The van der Waals surface area contributed by atoms with E-state index in [0.29, 0.717) is 0 Å². The van der Waals surface area contributed by atoms with Gasteiger partial charge in [-0.25, -0.2) is 0 Å². The van der Waals surface area contributed by atoms with Crippen molar-refractivity contribution in [1.29, 1.82) is 0 Å². The van der Waals surface area contributed by atoms with Gasteiger partial charge in [0.2, 0.25) is 0 Å². The van der Waals surface area contributed by atoms with Crippen LogP contribution in [0.4, 0.5) is 0 Å². The minimum absolute atomic E-state index is 0.225. The van der Waals surface area contributed by atoms with Gasteiger partial charge in [0, 0.05) is 36.8 Å². The first-order valence-corrected chi connectivity index (χ1v) is 5.75. The quantitative estimate of drug-likeness (QED) is 0.719. The van der Waals surface area contributed by atoms with Gasteiger partial charge in [0.05, 0.1) is 0 Å². The van der Waals surface area contributed by atoms with Gasteiger partial charge in [-0.1, -0.05) is 6.07 Å². The average Bonchev–Trinajstić information content (AvgIpc) is 2.35. The van der Waals surface area contributed by atoms with E-state index in [1.165, 1.54) is 0 Å². The van der Waals surface area contributed by atoms with Gasteiger partial charge < -0.3 is 11.1 Å². The maximum absolute atomic E-state index is 5.65. The molecule has 0 radical (unpaired) electrons. The summed E-state index contributed by atoms with van der Waals surface area (Å²) in [4.78, 5) is 4.29. The van der Waals surface area contributed by atoms with Crippen molar-refractivity contribution in [2.24, 2.45) is 5.73 Å². The van der Waals surface area contributed by atoms with E-state index in [4.69, 9.17) is 5.73 Å². The number of nitrogens with two attached hydrogens (primary N) is 1. The van der Waals surface area contributed by atoms with E-state index in [2.05, 4.69) is 22.5 Å². The van der Waals surface area contributed by atoms with Crippen LogP contribution in [0.25, 0.3) is 0 Å². The molecule has 1 atom stereocenters. The fourth-order valence-corrected chi connectivity index (χ4v) is 1.70. The monoisotopic (exact) mass is 230 g/mol. The summed E-state index contributed by atoms with van der Waals surface area (Å²) in [5, 5.41) is 6.66. The highest BCUT2D eigenvalue weighted by atomic mass is 15.2. The molecule has 0 bridgehead atoms. The summed E-state index contributed by atoms with van der Waals surface area (Å²) in [7, 11) is 0. The summed E-state index contributed by atoms with van der Waals surface area (Å²) in [6.07, 6.45) is 8.48. The van der Waals surface area contributed by atoms with E-state index < -0.39 is 0 Å². The van der Waals surface area contributed by atoms with Crippen LogP contribution in [0.15, 0.2) is 48.4 Å². The van der Waals surface area contributed by atoms with Crippen LogP contribution in [0.2, 0.25) is 0 Å². The molecule has 0 amide bonds. The Morgan fingerprint density at radius 2 is 2.35 bits per heavy atom. The van der Waals surface area contributed by atoms with E-state index in [9.17, 15) is 0 Å². The zero-order chi connectivity index (χ0) is 12.1. The molecule has 0 fully saturated rings. The molecule has 4 nitrogen and oxygen atoms in total. The lowest BCUT2D eigenvalue weighted by Gasteiger charge is -2.30. The molecule has 1 aromatic heterocycles. The molecule has 0 saturated heterocycles. The molecule has 4 heteroatoms. The predicted molar refractivity (Wildman–Crippen MR) is 68.9 cm³/mol. The van der Waals surface area contributed by atoms with Crippen molar-refractivity contribution < 1.29 is 0 Å². The van der Waals surface area contributed by atoms with Crippen LogP contribution in [0.3, 0.4) is 0 Å². The molecule has 1 unspecified atom stereocenters. The van der Waals surface area contributed by atoms with E-state index in [1.807, 2.05) is 42.7 Å². The van der Waals surface area contributed by atoms with Gasteiger partial charge in [0.25, 0.3) is 0 Å². The molecule has 90 valence electrons. The highest BCUT2D eigenvalue weighted by Crippen LogP contribution is 2.08. The second-order valence-corrected chi connectivity index (χ2v) is 4.32. The number of pyridine rings is 1. The first-order chi connectivity index (χ1) is 8.18. The van der Waals surface area contributed by atoms with Crippen molar-refractivity contribution in [2.75, 3.05) is 6.54 Å². The highest BCUT2D eigenvalue weighted by Gasteiger charge is 2.19. The van der Waals surface area contributed by atoms with E-state index in [-0.39, 0.29) is 5.66 Å². The molecule has 0 spiro atoms. The van der Waals surface area contributed by atoms with Crippen molar-refractivity contribution in [1.82, 2.24) is 15.6 Å². The number of nitrogens with one attached hydrogen (secondary N) is 2. The van der Waals surface area contributed by atoms with Gasteiger partial charge in [0.1, 0.15) is 5.66 Å². The fourth-order valence-electron chi connectivity index (χ4n) is 1.70. The van der Waals surface area contributed by atoms with Crippen molar-refractivity contribution in [2.45, 2.75) is 19.0 Å². The van der Waals surface area contributed by atoms with E-state index in [0.717, 1.165) is 24.4 Å². The molecule has 2 heterocycles. The van der Waals surface area contributed by atoms with Crippen LogP contribution < -0.4 is 16.4 Å². The fraction of sp³-hybridized carbons (Fsp3) is 0.308. The van der Waals surface area contributed by atoms with Crippen LogP contribution in [-0.2, 0) is 6.42 Å². The van der Waals surface area contributed by atoms with Gasteiger partial charge in [-0.15, -0.1) is 0 Å². The minimum Gasteiger partial charge on any atom is -0.398 e. The SMILES string of the molecule is CC1(NCCc2ccccn2)C=CC(N)=CN1. The van der Waals surface area contributed by atoms with Gasteiger partial charge in [-0.05, 0) is 31.2 Å². The van der Waals surface area contributed by atoms with Crippen LogP contribution in [0, 0.1) is 0 Å². The molecular weight excluding hydrogens is 212 g/mol. The number of hydrogen-bond acceptors (Lipinski definition) is 4. The molecule has 17 heavy (non-hydrogen) atoms. The number of nitrogens with zero attached hydrogens (tertiary/aromatic N) is 1. The Balaban J connectivity index is 1.81. The van der Waals surface area contributed by atoms with Crippen molar-refractivity contribution >= 4 is 0 Å². The summed E-state index contributed by atoms with van der Waals surface area (Å²) >= 11 is 0. The first kappa shape index (κ1) is 11.7. The molecule has 4 N–H and O–H groups in total. The third kappa shape index (κ3) is 3.32. The maximum atomic E-state index is 5.65. The smallest absolute Gasteiger partial charge is 0.105 e. The van der Waals surface area contributed by atoms with E-state index in [1.54, 1.807) is 0 Å². The Bertz CT molecular complexity index is 424. The Morgan fingerprint density at radius 3 is 3.00 bits per heavy atom. The number of rotatable bonds is 4. The summed E-state index contributed by atoms with van der Waals surface area (Å²) in [6.45, 7) is 2.93. The van der Waals surface area contributed by atoms with Gasteiger partial charge >= 0.3 is 0 Å². The summed E-state index contributed by atoms with van der Waals surface area (Å²) in [6, 6.07) is 5.97. The summed E-state index contributed by atoms with van der Waals surface area (Å²) in [5.41, 5.74) is 7.27. The number of allylic oxidation sites excluding steroid dienone is 1. The number of aromatic nitrogens is 1. The Morgan fingerprint density at radius 1 is 1.47 bits per heavy atom. The molecular formula is C13H18N4. The average molecular weight is 230 g/mol. The summed E-state index contributed by atoms with van der Waals surface area (Å²) in [5.74, 6) is 0. The molecule has 0 aliphatic carbocycles. The number of dihydropyridines is 1. The van der Waals surface area contributed by atoms with Crippen LogP contribution in [0.5, 0.6) is 0 Å². The topological polar surface area (TPSA) is 63.0 Å².